The number of hydrogen-bond donors (Lipinski definition) is 0. The number of rotatable bonds is 7. The Balaban J connectivity index is 1.67. The van der Waals surface area contributed by atoms with Gasteiger partial charge in [0.25, 0.3) is 0 Å². The minimum atomic E-state index is -0.243. The number of carbonyl (C=O) groups is 1. The third kappa shape index (κ3) is 6.49. The zero-order chi connectivity index (χ0) is 20.8. The molecule has 2 saturated heterocycles. The summed E-state index contributed by atoms with van der Waals surface area (Å²) in [6, 6.07) is 6.99. The van der Waals surface area contributed by atoms with E-state index in [1.165, 1.54) is 12.1 Å². The Bertz CT molecular complexity index is 661. The molecule has 0 saturated carbocycles. The lowest BCUT2D eigenvalue weighted by molar-refractivity contribution is -0.132. The first kappa shape index (κ1) is 22.2. The molecule has 1 amide bonds. The molecule has 2 aliphatic heterocycles. The molecule has 0 bridgehead atoms. The maximum Gasteiger partial charge on any atom is 0.236 e. The van der Waals surface area contributed by atoms with E-state index in [0.29, 0.717) is 31.7 Å². The Morgan fingerprint density at radius 1 is 1.21 bits per heavy atom. The summed E-state index contributed by atoms with van der Waals surface area (Å²) in [6.45, 7) is 12.7. The summed E-state index contributed by atoms with van der Waals surface area (Å²) in [7, 11) is 0. The van der Waals surface area contributed by atoms with Gasteiger partial charge in [0.1, 0.15) is 5.82 Å². The van der Waals surface area contributed by atoms with Gasteiger partial charge < -0.3 is 14.5 Å². The van der Waals surface area contributed by atoms with E-state index in [-0.39, 0.29) is 17.8 Å². The summed E-state index contributed by atoms with van der Waals surface area (Å²) < 4.78 is 19.7. The minimum Gasteiger partial charge on any atom is -0.370 e. The van der Waals surface area contributed by atoms with Crippen molar-refractivity contribution in [2.75, 3.05) is 45.8 Å². The summed E-state index contributed by atoms with van der Waals surface area (Å²) in [5.74, 6) is 0.378. The second kappa shape index (κ2) is 10.5. The second-order valence-electron chi connectivity index (χ2n) is 8.85. The number of likely N-dealkylation sites (tertiary alicyclic amines) is 1. The van der Waals surface area contributed by atoms with E-state index < -0.39 is 0 Å². The van der Waals surface area contributed by atoms with Gasteiger partial charge >= 0.3 is 0 Å². The molecule has 1 aromatic rings. The molecule has 5 nitrogen and oxygen atoms in total. The predicted octanol–water partition coefficient (Wildman–Crippen LogP) is 3.00. The number of carbonyl (C=O) groups excluding carboxylic acids is 1. The van der Waals surface area contributed by atoms with Crippen molar-refractivity contribution in [1.82, 2.24) is 14.7 Å². The van der Waals surface area contributed by atoms with Crippen LogP contribution in [0.4, 0.5) is 4.39 Å². The van der Waals surface area contributed by atoms with E-state index in [1.807, 2.05) is 11.0 Å². The molecule has 2 aliphatic rings. The molecule has 0 N–H and O–H groups in total. The lowest BCUT2D eigenvalue weighted by Crippen LogP contribution is -2.48. The number of ether oxygens (including phenoxy) is 1. The third-order valence-corrected chi connectivity index (χ3v) is 6.03. The fourth-order valence-corrected chi connectivity index (χ4v) is 4.45. The molecule has 162 valence electrons. The maximum absolute atomic E-state index is 13.5. The Hall–Kier alpha value is -1.50. The van der Waals surface area contributed by atoms with Gasteiger partial charge in [-0.15, -0.1) is 0 Å². The van der Waals surface area contributed by atoms with Crippen molar-refractivity contribution in [1.29, 1.82) is 0 Å². The van der Waals surface area contributed by atoms with Crippen LogP contribution in [-0.2, 0) is 16.1 Å². The molecule has 2 heterocycles. The average Bonchev–Trinajstić information content (AvgIpc) is 2.85. The standard InChI is InChI=1S/C23H36FN3O2/c1-4-25-10-8-21(9-11-25)26-14-22(15-27(13-18(2)3)23(28)16-26)29-17-19-6-5-7-20(24)12-19/h5-7,12,18,21-22H,4,8-11,13-17H2,1-3H3/t22-/m0/s1. The minimum absolute atomic E-state index is 0.0623. The highest BCUT2D eigenvalue weighted by molar-refractivity contribution is 5.78. The lowest BCUT2D eigenvalue weighted by atomic mass is 10.0. The van der Waals surface area contributed by atoms with Crippen LogP contribution in [0.25, 0.3) is 0 Å². The van der Waals surface area contributed by atoms with Gasteiger partial charge in [0.05, 0.1) is 19.3 Å². The quantitative estimate of drug-likeness (QED) is 0.699. The number of piperidine rings is 1. The van der Waals surface area contributed by atoms with Crippen molar-refractivity contribution < 1.29 is 13.9 Å². The summed E-state index contributed by atoms with van der Waals surface area (Å²) in [5, 5.41) is 0. The topological polar surface area (TPSA) is 36.0 Å². The van der Waals surface area contributed by atoms with E-state index in [1.54, 1.807) is 6.07 Å². The van der Waals surface area contributed by atoms with Crippen LogP contribution in [-0.4, -0.2) is 78.6 Å². The molecule has 0 aromatic heterocycles. The Kier molecular flexibility index (Phi) is 8.04. The lowest BCUT2D eigenvalue weighted by Gasteiger charge is -2.38. The molecule has 29 heavy (non-hydrogen) atoms. The molecule has 0 radical (unpaired) electrons. The number of amides is 1. The monoisotopic (exact) mass is 405 g/mol. The fraction of sp³-hybridized carbons (Fsp3) is 0.696. The largest absolute Gasteiger partial charge is 0.370 e. The zero-order valence-corrected chi connectivity index (χ0v) is 18.1. The Morgan fingerprint density at radius 3 is 2.62 bits per heavy atom. The molecule has 0 unspecified atom stereocenters. The predicted molar refractivity (Wildman–Crippen MR) is 113 cm³/mol. The molecular formula is C23H36FN3O2. The van der Waals surface area contributed by atoms with Crippen molar-refractivity contribution in [2.45, 2.75) is 52.4 Å². The van der Waals surface area contributed by atoms with Gasteiger partial charge in [-0.1, -0.05) is 32.9 Å². The molecule has 1 atom stereocenters. The molecule has 2 fully saturated rings. The van der Waals surface area contributed by atoms with Crippen molar-refractivity contribution in [3.05, 3.63) is 35.6 Å². The van der Waals surface area contributed by atoms with Gasteiger partial charge in [0.15, 0.2) is 0 Å². The normalized spacial score (nSPS) is 23.0. The highest BCUT2D eigenvalue weighted by atomic mass is 19.1. The van der Waals surface area contributed by atoms with Crippen LogP contribution in [0.1, 0.15) is 39.2 Å². The summed E-state index contributed by atoms with van der Waals surface area (Å²) in [5.41, 5.74) is 0.832. The highest BCUT2D eigenvalue weighted by Crippen LogP contribution is 2.21. The molecule has 0 spiro atoms. The smallest absolute Gasteiger partial charge is 0.236 e. The van der Waals surface area contributed by atoms with Crippen molar-refractivity contribution in [3.63, 3.8) is 0 Å². The van der Waals surface area contributed by atoms with Crippen LogP contribution in [0.2, 0.25) is 0 Å². The Morgan fingerprint density at radius 2 is 1.97 bits per heavy atom. The van der Waals surface area contributed by atoms with E-state index in [4.69, 9.17) is 4.74 Å². The third-order valence-electron chi connectivity index (χ3n) is 6.03. The SMILES string of the molecule is CCN1CCC(N2CC(=O)N(CC(C)C)C[C@@H](OCc3cccc(F)c3)C2)CC1. The van der Waals surface area contributed by atoms with Crippen molar-refractivity contribution in [3.8, 4) is 0 Å². The number of nitrogens with zero attached hydrogens (tertiary/aromatic N) is 3. The van der Waals surface area contributed by atoms with Gasteiger partial charge in [-0.3, -0.25) is 9.69 Å². The summed E-state index contributed by atoms with van der Waals surface area (Å²) in [6.07, 6.45) is 2.14. The van der Waals surface area contributed by atoms with Crippen molar-refractivity contribution >= 4 is 5.91 Å². The molecule has 6 heteroatoms. The molecule has 3 rings (SSSR count). The zero-order valence-electron chi connectivity index (χ0n) is 18.1. The first-order chi connectivity index (χ1) is 13.9. The molecule has 1 aromatic carbocycles. The van der Waals surface area contributed by atoms with Crippen LogP contribution < -0.4 is 0 Å². The molecular weight excluding hydrogens is 369 g/mol. The van der Waals surface area contributed by atoms with E-state index in [2.05, 4.69) is 30.6 Å². The van der Waals surface area contributed by atoms with E-state index >= 15 is 0 Å². The summed E-state index contributed by atoms with van der Waals surface area (Å²) >= 11 is 0. The van der Waals surface area contributed by atoms with E-state index in [0.717, 1.165) is 51.1 Å². The first-order valence-corrected chi connectivity index (χ1v) is 11.0. The van der Waals surface area contributed by atoms with Crippen LogP contribution in [0.15, 0.2) is 24.3 Å². The highest BCUT2D eigenvalue weighted by Gasteiger charge is 2.33. The van der Waals surface area contributed by atoms with Gasteiger partial charge in [0.2, 0.25) is 5.91 Å². The van der Waals surface area contributed by atoms with Crippen LogP contribution in [0.3, 0.4) is 0 Å². The Labute approximate surface area is 174 Å². The van der Waals surface area contributed by atoms with Gasteiger partial charge in [0, 0.05) is 25.7 Å². The first-order valence-electron chi connectivity index (χ1n) is 11.0. The number of halogens is 1. The van der Waals surface area contributed by atoms with E-state index in [9.17, 15) is 9.18 Å². The van der Waals surface area contributed by atoms with Crippen LogP contribution in [0, 0.1) is 11.7 Å². The van der Waals surface area contributed by atoms with Crippen molar-refractivity contribution in [2.24, 2.45) is 5.92 Å². The molecule has 0 aliphatic carbocycles. The number of benzene rings is 1. The van der Waals surface area contributed by atoms with Gasteiger partial charge in [-0.25, -0.2) is 4.39 Å². The second-order valence-corrected chi connectivity index (χ2v) is 8.85. The number of hydrogen-bond acceptors (Lipinski definition) is 4. The summed E-state index contributed by atoms with van der Waals surface area (Å²) in [4.78, 5) is 19.7. The average molecular weight is 406 g/mol. The van der Waals surface area contributed by atoms with Gasteiger partial charge in [-0.05, 0) is 56.1 Å². The maximum atomic E-state index is 13.5. The fourth-order valence-electron chi connectivity index (χ4n) is 4.45. The van der Waals surface area contributed by atoms with Gasteiger partial charge in [-0.2, -0.15) is 0 Å². The van der Waals surface area contributed by atoms with Crippen LogP contribution in [0.5, 0.6) is 0 Å². The van der Waals surface area contributed by atoms with Crippen LogP contribution >= 0.6 is 0 Å².